The van der Waals surface area contributed by atoms with E-state index in [2.05, 4.69) is 12.6 Å². The molecule has 1 saturated heterocycles. The standard InChI is InChI=1S/C12H15NO3S2/c14-12(10-3-1-4-11(17)9-10)13-5-2-7-18(15,16)8-6-13/h1,3-4,9,17H,2,5-8H2. The average molecular weight is 285 g/mol. The van der Waals surface area contributed by atoms with Crippen molar-refractivity contribution in [3.8, 4) is 0 Å². The molecule has 1 fully saturated rings. The lowest BCUT2D eigenvalue weighted by molar-refractivity contribution is 0.0768. The molecule has 1 aliphatic rings. The van der Waals surface area contributed by atoms with Gasteiger partial charge < -0.3 is 4.90 Å². The van der Waals surface area contributed by atoms with Crippen molar-refractivity contribution < 1.29 is 13.2 Å². The van der Waals surface area contributed by atoms with E-state index < -0.39 is 9.84 Å². The summed E-state index contributed by atoms with van der Waals surface area (Å²) in [4.78, 5) is 14.5. The molecule has 1 aromatic rings. The summed E-state index contributed by atoms with van der Waals surface area (Å²) in [5.41, 5.74) is 0.557. The number of amides is 1. The Morgan fingerprint density at radius 2 is 2.00 bits per heavy atom. The summed E-state index contributed by atoms with van der Waals surface area (Å²) in [6, 6.07) is 6.99. The maximum Gasteiger partial charge on any atom is 0.253 e. The molecule has 0 atom stereocenters. The lowest BCUT2D eigenvalue weighted by Crippen LogP contribution is -2.33. The monoisotopic (exact) mass is 285 g/mol. The number of carbonyl (C=O) groups is 1. The molecule has 6 heteroatoms. The van der Waals surface area contributed by atoms with Crippen LogP contribution in [-0.4, -0.2) is 43.8 Å². The van der Waals surface area contributed by atoms with Crippen LogP contribution >= 0.6 is 12.6 Å². The van der Waals surface area contributed by atoms with Crippen LogP contribution in [0.25, 0.3) is 0 Å². The summed E-state index contributed by atoms with van der Waals surface area (Å²) >= 11 is 4.19. The Morgan fingerprint density at radius 1 is 1.22 bits per heavy atom. The molecule has 0 N–H and O–H groups in total. The van der Waals surface area contributed by atoms with Crippen LogP contribution < -0.4 is 0 Å². The van der Waals surface area contributed by atoms with Crippen molar-refractivity contribution in [2.45, 2.75) is 11.3 Å². The van der Waals surface area contributed by atoms with Gasteiger partial charge in [-0.15, -0.1) is 12.6 Å². The average Bonchev–Trinajstić information content (AvgIpc) is 2.49. The fraction of sp³-hybridized carbons (Fsp3) is 0.417. The van der Waals surface area contributed by atoms with E-state index in [9.17, 15) is 13.2 Å². The van der Waals surface area contributed by atoms with E-state index in [1.165, 1.54) is 0 Å². The fourth-order valence-corrected chi connectivity index (χ4v) is 3.46. The number of hydrogen-bond acceptors (Lipinski definition) is 4. The molecule has 1 aliphatic heterocycles. The van der Waals surface area contributed by atoms with Gasteiger partial charge in [-0.3, -0.25) is 4.79 Å². The topological polar surface area (TPSA) is 54.5 Å². The highest BCUT2D eigenvalue weighted by atomic mass is 32.2. The Morgan fingerprint density at radius 3 is 2.72 bits per heavy atom. The van der Waals surface area contributed by atoms with Crippen LogP contribution in [-0.2, 0) is 9.84 Å². The second kappa shape index (κ2) is 5.32. The molecule has 0 saturated carbocycles. The van der Waals surface area contributed by atoms with E-state index in [1.54, 1.807) is 29.2 Å². The van der Waals surface area contributed by atoms with Crippen molar-refractivity contribution in [3.63, 3.8) is 0 Å². The molecule has 18 heavy (non-hydrogen) atoms. The smallest absolute Gasteiger partial charge is 0.253 e. The minimum atomic E-state index is -2.98. The molecule has 4 nitrogen and oxygen atoms in total. The number of carbonyl (C=O) groups excluding carboxylic acids is 1. The van der Waals surface area contributed by atoms with E-state index in [0.29, 0.717) is 18.5 Å². The number of hydrogen-bond donors (Lipinski definition) is 1. The Balaban J connectivity index is 2.14. The maximum atomic E-state index is 12.2. The van der Waals surface area contributed by atoms with Crippen molar-refractivity contribution in [3.05, 3.63) is 29.8 Å². The van der Waals surface area contributed by atoms with Gasteiger partial charge in [0.15, 0.2) is 9.84 Å². The molecule has 0 bridgehead atoms. The van der Waals surface area contributed by atoms with Crippen LogP contribution in [0.1, 0.15) is 16.8 Å². The summed E-state index contributed by atoms with van der Waals surface area (Å²) in [6.07, 6.45) is 0.509. The first-order valence-electron chi connectivity index (χ1n) is 5.77. The Bertz CT molecular complexity index is 554. The van der Waals surface area contributed by atoms with Crippen LogP contribution in [0.3, 0.4) is 0 Å². The molecule has 0 spiro atoms. The summed E-state index contributed by atoms with van der Waals surface area (Å²) in [5, 5.41) is 0. The van der Waals surface area contributed by atoms with Crippen LogP contribution in [0.4, 0.5) is 0 Å². The lowest BCUT2D eigenvalue weighted by Gasteiger charge is -2.19. The van der Waals surface area contributed by atoms with Crippen molar-refractivity contribution in [2.75, 3.05) is 24.6 Å². The zero-order valence-electron chi connectivity index (χ0n) is 9.87. The predicted molar refractivity (Wildman–Crippen MR) is 72.9 cm³/mol. The van der Waals surface area contributed by atoms with Gasteiger partial charge in [-0.2, -0.15) is 0 Å². The highest BCUT2D eigenvalue weighted by Crippen LogP contribution is 2.13. The zero-order chi connectivity index (χ0) is 13.2. The lowest BCUT2D eigenvalue weighted by atomic mass is 10.2. The molecule has 0 aromatic heterocycles. The Hall–Kier alpha value is -1.01. The maximum absolute atomic E-state index is 12.2. The van der Waals surface area contributed by atoms with Gasteiger partial charge in [0, 0.05) is 23.5 Å². The summed E-state index contributed by atoms with van der Waals surface area (Å²) < 4.78 is 23.0. The molecule has 2 rings (SSSR count). The van der Waals surface area contributed by atoms with Gasteiger partial charge in [0.05, 0.1) is 11.5 Å². The Labute approximate surface area is 112 Å². The Kier molecular flexibility index (Phi) is 3.97. The third kappa shape index (κ3) is 3.26. The first-order chi connectivity index (χ1) is 8.48. The van der Waals surface area contributed by atoms with E-state index in [4.69, 9.17) is 0 Å². The van der Waals surface area contributed by atoms with Gasteiger partial charge in [0.1, 0.15) is 0 Å². The quantitative estimate of drug-likeness (QED) is 0.790. The largest absolute Gasteiger partial charge is 0.338 e. The second-order valence-corrected chi connectivity index (χ2v) is 7.17. The number of nitrogens with zero attached hydrogens (tertiary/aromatic N) is 1. The van der Waals surface area contributed by atoms with Crippen LogP contribution in [0.2, 0.25) is 0 Å². The van der Waals surface area contributed by atoms with Gasteiger partial charge in [0.2, 0.25) is 0 Å². The van der Waals surface area contributed by atoms with Crippen molar-refractivity contribution in [1.82, 2.24) is 4.90 Å². The van der Waals surface area contributed by atoms with Crippen molar-refractivity contribution in [2.24, 2.45) is 0 Å². The number of rotatable bonds is 1. The highest BCUT2D eigenvalue weighted by molar-refractivity contribution is 7.91. The summed E-state index contributed by atoms with van der Waals surface area (Å²) in [6.45, 7) is 0.771. The van der Waals surface area contributed by atoms with Crippen molar-refractivity contribution >= 4 is 28.4 Å². The first-order valence-corrected chi connectivity index (χ1v) is 8.03. The number of benzene rings is 1. The van der Waals surface area contributed by atoms with Crippen LogP contribution in [0.15, 0.2) is 29.2 Å². The zero-order valence-corrected chi connectivity index (χ0v) is 11.6. The molecule has 1 amide bonds. The summed E-state index contributed by atoms with van der Waals surface area (Å²) in [7, 11) is -2.98. The highest BCUT2D eigenvalue weighted by Gasteiger charge is 2.23. The normalized spacial score (nSPS) is 19.3. The van der Waals surface area contributed by atoms with E-state index in [-0.39, 0.29) is 24.0 Å². The fourth-order valence-electron chi connectivity index (χ4n) is 1.96. The predicted octanol–water partition coefficient (Wildman–Crippen LogP) is 1.24. The van der Waals surface area contributed by atoms with Crippen LogP contribution in [0, 0.1) is 0 Å². The van der Waals surface area contributed by atoms with E-state index >= 15 is 0 Å². The second-order valence-electron chi connectivity index (χ2n) is 4.35. The van der Waals surface area contributed by atoms with Crippen LogP contribution in [0.5, 0.6) is 0 Å². The van der Waals surface area contributed by atoms with Gasteiger partial charge in [0.25, 0.3) is 5.91 Å². The molecule has 0 radical (unpaired) electrons. The van der Waals surface area contributed by atoms with E-state index in [1.807, 2.05) is 0 Å². The minimum Gasteiger partial charge on any atom is -0.338 e. The third-order valence-corrected chi connectivity index (χ3v) is 4.93. The minimum absolute atomic E-state index is 0.0549. The van der Waals surface area contributed by atoms with Gasteiger partial charge >= 0.3 is 0 Å². The van der Waals surface area contributed by atoms with Gasteiger partial charge in [-0.1, -0.05) is 6.07 Å². The molecular formula is C12H15NO3S2. The molecule has 1 aromatic carbocycles. The summed E-state index contributed by atoms with van der Waals surface area (Å²) in [5.74, 6) is 0.103. The van der Waals surface area contributed by atoms with Gasteiger partial charge in [-0.25, -0.2) is 8.42 Å². The third-order valence-electron chi connectivity index (χ3n) is 2.94. The van der Waals surface area contributed by atoms with Gasteiger partial charge in [-0.05, 0) is 24.6 Å². The molecular weight excluding hydrogens is 270 g/mol. The molecule has 98 valence electrons. The molecule has 0 unspecified atom stereocenters. The van der Waals surface area contributed by atoms with E-state index in [0.717, 1.165) is 4.90 Å². The number of sulfone groups is 1. The first kappa shape index (κ1) is 13.4. The molecule has 0 aliphatic carbocycles. The van der Waals surface area contributed by atoms with Crippen molar-refractivity contribution in [1.29, 1.82) is 0 Å². The number of thiol groups is 1. The molecule has 1 heterocycles. The SMILES string of the molecule is O=C(c1cccc(S)c1)N1CCCS(=O)(=O)CC1.